The monoisotopic (exact) mass is 232 g/mol. The standard InChI is InChI=1S/C13H16N2S/c1-9(2)8-16-12-6-5-11(14)13-10(12)4-3-7-15-13/h3-7,9H,8,14H2,1-2H3. The van der Waals surface area contributed by atoms with E-state index in [4.69, 9.17) is 5.73 Å². The van der Waals surface area contributed by atoms with Crippen LogP contribution in [0.1, 0.15) is 13.8 Å². The van der Waals surface area contributed by atoms with Gasteiger partial charge in [-0.2, -0.15) is 0 Å². The fourth-order valence-electron chi connectivity index (χ4n) is 1.55. The van der Waals surface area contributed by atoms with Gasteiger partial charge in [0.25, 0.3) is 0 Å². The lowest BCUT2D eigenvalue weighted by atomic mass is 10.2. The van der Waals surface area contributed by atoms with Crippen molar-refractivity contribution in [3.63, 3.8) is 0 Å². The summed E-state index contributed by atoms with van der Waals surface area (Å²) in [5.74, 6) is 1.81. The molecule has 3 heteroatoms. The van der Waals surface area contributed by atoms with E-state index in [1.165, 1.54) is 4.90 Å². The van der Waals surface area contributed by atoms with Crippen molar-refractivity contribution in [2.75, 3.05) is 11.5 Å². The molecule has 16 heavy (non-hydrogen) atoms. The smallest absolute Gasteiger partial charge is 0.0942 e. The third kappa shape index (κ3) is 2.30. The summed E-state index contributed by atoms with van der Waals surface area (Å²) in [6, 6.07) is 8.08. The lowest BCUT2D eigenvalue weighted by Crippen LogP contribution is -1.93. The Labute approximate surface area is 100 Å². The Morgan fingerprint density at radius 1 is 1.31 bits per heavy atom. The summed E-state index contributed by atoms with van der Waals surface area (Å²) in [5.41, 5.74) is 7.58. The molecule has 84 valence electrons. The summed E-state index contributed by atoms with van der Waals surface area (Å²) < 4.78 is 0. The molecule has 0 aliphatic rings. The summed E-state index contributed by atoms with van der Waals surface area (Å²) in [7, 11) is 0. The summed E-state index contributed by atoms with van der Waals surface area (Å²) in [4.78, 5) is 5.60. The third-order valence-corrected chi connectivity index (χ3v) is 3.83. The summed E-state index contributed by atoms with van der Waals surface area (Å²) >= 11 is 1.87. The quantitative estimate of drug-likeness (QED) is 0.649. The minimum Gasteiger partial charge on any atom is -0.397 e. The number of hydrogen-bond donors (Lipinski definition) is 1. The van der Waals surface area contributed by atoms with Crippen molar-refractivity contribution in [1.82, 2.24) is 4.98 Å². The van der Waals surface area contributed by atoms with Crippen LogP contribution in [0.5, 0.6) is 0 Å². The molecule has 2 aromatic rings. The Morgan fingerprint density at radius 3 is 2.88 bits per heavy atom. The number of anilines is 1. The van der Waals surface area contributed by atoms with Crippen LogP contribution in [-0.2, 0) is 0 Å². The fourth-order valence-corrected chi connectivity index (χ4v) is 2.55. The van der Waals surface area contributed by atoms with Gasteiger partial charge in [0.2, 0.25) is 0 Å². The molecular weight excluding hydrogens is 216 g/mol. The molecule has 0 aliphatic heterocycles. The van der Waals surface area contributed by atoms with Crippen molar-refractivity contribution in [1.29, 1.82) is 0 Å². The van der Waals surface area contributed by atoms with Crippen molar-refractivity contribution in [3.05, 3.63) is 30.5 Å². The van der Waals surface area contributed by atoms with Gasteiger partial charge in [-0.05, 0) is 24.1 Å². The van der Waals surface area contributed by atoms with E-state index < -0.39 is 0 Å². The number of benzene rings is 1. The summed E-state index contributed by atoms with van der Waals surface area (Å²) in [6.45, 7) is 4.45. The second kappa shape index (κ2) is 4.74. The largest absolute Gasteiger partial charge is 0.397 e. The highest BCUT2D eigenvalue weighted by atomic mass is 32.2. The van der Waals surface area contributed by atoms with Gasteiger partial charge in [0.15, 0.2) is 0 Å². The van der Waals surface area contributed by atoms with Gasteiger partial charge in [-0.1, -0.05) is 19.9 Å². The average Bonchev–Trinajstić information content (AvgIpc) is 2.28. The third-order valence-electron chi connectivity index (χ3n) is 2.33. The number of nitrogens with two attached hydrogens (primary N) is 1. The molecule has 0 spiro atoms. The zero-order valence-corrected chi connectivity index (χ0v) is 10.4. The van der Waals surface area contributed by atoms with Crippen LogP contribution in [0.15, 0.2) is 35.4 Å². The maximum absolute atomic E-state index is 5.91. The number of pyridine rings is 1. The van der Waals surface area contributed by atoms with Crippen LogP contribution >= 0.6 is 11.8 Å². The fraction of sp³-hybridized carbons (Fsp3) is 0.308. The number of hydrogen-bond acceptors (Lipinski definition) is 3. The Balaban J connectivity index is 2.42. The molecule has 0 aliphatic carbocycles. The Bertz CT molecular complexity index is 494. The molecule has 0 fully saturated rings. The number of rotatable bonds is 3. The molecule has 0 radical (unpaired) electrons. The van der Waals surface area contributed by atoms with E-state index in [0.29, 0.717) is 5.92 Å². The van der Waals surface area contributed by atoms with Crippen LogP contribution in [0.3, 0.4) is 0 Å². The van der Waals surface area contributed by atoms with Gasteiger partial charge in [-0.25, -0.2) is 0 Å². The molecule has 2 N–H and O–H groups in total. The first-order valence-corrected chi connectivity index (χ1v) is 6.43. The SMILES string of the molecule is CC(C)CSc1ccc(N)c2ncccc12. The number of fused-ring (bicyclic) bond motifs is 1. The van der Waals surface area contributed by atoms with Crippen molar-refractivity contribution < 1.29 is 0 Å². The minimum atomic E-state index is 0.689. The zero-order chi connectivity index (χ0) is 11.5. The van der Waals surface area contributed by atoms with E-state index in [1.54, 1.807) is 6.20 Å². The molecule has 1 aromatic heterocycles. The molecule has 0 saturated heterocycles. The molecule has 0 bridgehead atoms. The van der Waals surface area contributed by atoms with Crippen LogP contribution in [0.25, 0.3) is 10.9 Å². The molecule has 2 nitrogen and oxygen atoms in total. The summed E-state index contributed by atoms with van der Waals surface area (Å²) in [5, 5.41) is 1.16. The lowest BCUT2D eigenvalue weighted by molar-refractivity contribution is 0.750. The van der Waals surface area contributed by atoms with Crippen molar-refractivity contribution >= 4 is 28.4 Å². The van der Waals surface area contributed by atoms with Gasteiger partial charge in [-0.3, -0.25) is 4.98 Å². The van der Waals surface area contributed by atoms with E-state index in [0.717, 1.165) is 22.3 Å². The van der Waals surface area contributed by atoms with Gasteiger partial charge in [0.05, 0.1) is 11.2 Å². The van der Waals surface area contributed by atoms with Gasteiger partial charge in [-0.15, -0.1) is 11.8 Å². The number of aromatic nitrogens is 1. The number of nitrogens with zero attached hydrogens (tertiary/aromatic N) is 1. The highest BCUT2D eigenvalue weighted by Gasteiger charge is 2.05. The number of thioether (sulfide) groups is 1. The molecule has 0 unspecified atom stereocenters. The predicted molar refractivity (Wildman–Crippen MR) is 71.7 cm³/mol. The highest BCUT2D eigenvalue weighted by Crippen LogP contribution is 2.30. The maximum Gasteiger partial charge on any atom is 0.0942 e. The minimum absolute atomic E-state index is 0.689. The molecule has 0 amide bonds. The zero-order valence-electron chi connectivity index (χ0n) is 9.60. The summed E-state index contributed by atoms with van der Waals surface area (Å²) in [6.07, 6.45) is 1.79. The topological polar surface area (TPSA) is 38.9 Å². The molecule has 0 saturated carbocycles. The van der Waals surface area contributed by atoms with Crippen LogP contribution in [-0.4, -0.2) is 10.7 Å². The Morgan fingerprint density at radius 2 is 2.12 bits per heavy atom. The second-order valence-electron chi connectivity index (χ2n) is 4.26. The van der Waals surface area contributed by atoms with Crippen LogP contribution in [0.2, 0.25) is 0 Å². The Hall–Kier alpha value is -1.22. The van der Waals surface area contributed by atoms with Crippen molar-refractivity contribution in [2.45, 2.75) is 18.7 Å². The van der Waals surface area contributed by atoms with Crippen LogP contribution < -0.4 is 5.73 Å². The first-order valence-electron chi connectivity index (χ1n) is 5.44. The molecule has 2 rings (SSSR count). The van der Waals surface area contributed by atoms with E-state index in [-0.39, 0.29) is 0 Å². The maximum atomic E-state index is 5.91. The van der Waals surface area contributed by atoms with Gasteiger partial charge >= 0.3 is 0 Å². The van der Waals surface area contributed by atoms with E-state index in [1.807, 2.05) is 23.9 Å². The van der Waals surface area contributed by atoms with E-state index >= 15 is 0 Å². The second-order valence-corrected chi connectivity index (χ2v) is 5.32. The Kier molecular flexibility index (Phi) is 3.34. The normalized spacial score (nSPS) is 11.2. The lowest BCUT2D eigenvalue weighted by Gasteiger charge is -2.09. The van der Waals surface area contributed by atoms with Gasteiger partial charge < -0.3 is 5.73 Å². The van der Waals surface area contributed by atoms with E-state index in [2.05, 4.69) is 31.0 Å². The first kappa shape index (κ1) is 11.3. The predicted octanol–water partition coefficient (Wildman–Crippen LogP) is 3.57. The highest BCUT2D eigenvalue weighted by molar-refractivity contribution is 7.99. The molecule has 1 aromatic carbocycles. The van der Waals surface area contributed by atoms with Crippen LogP contribution in [0.4, 0.5) is 5.69 Å². The van der Waals surface area contributed by atoms with Crippen molar-refractivity contribution in [3.8, 4) is 0 Å². The first-order chi connectivity index (χ1) is 7.68. The molecular formula is C13H16N2S. The van der Waals surface area contributed by atoms with Gasteiger partial charge in [0, 0.05) is 22.2 Å². The molecule has 1 heterocycles. The number of nitrogen functional groups attached to an aromatic ring is 1. The average molecular weight is 232 g/mol. The molecule has 0 atom stereocenters. The van der Waals surface area contributed by atoms with E-state index in [9.17, 15) is 0 Å². The van der Waals surface area contributed by atoms with Crippen LogP contribution in [0, 0.1) is 5.92 Å². The van der Waals surface area contributed by atoms with Gasteiger partial charge in [0.1, 0.15) is 0 Å². The van der Waals surface area contributed by atoms with Crippen molar-refractivity contribution in [2.24, 2.45) is 5.92 Å².